The lowest BCUT2D eigenvalue weighted by molar-refractivity contribution is 0.0606. The largest absolute Gasteiger partial charge is 0.465 e. The Morgan fingerprint density at radius 1 is 1.14 bits per heavy atom. The highest BCUT2D eigenvalue weighted by atomic mass is 32.1. The summed E-state index contributed by atoms with van der Waals surface area (Å²) in [6.45, 7) is 2.16. The normalized spacial score (nSPS) is 10.3. The van der Waals surface area contributed by atoms with Gasteiger partial charge in [-0.3, -0.25) is 4.79 Å². The maximum Gasteiger partial charge on any atom is 0.348 e. The second kappa shape index (κ2) is 7.75. The first kappa shape index (κ1) is 16.2. The van der Waals surface area contributed by atoms with Crippen LogP contribution < -0.4 is 5.32 Å². The Morgan fingerprint density at radius 2 is 1.86 bits per heavy atom. The number of rotatable bonds is 6. The third kappa shape index (κ3) is 4.18. The molecule has 0 atom stereocenters. The number of ether oxygens (including phenoxy) is 1. The lowest BCUT2D eigenvalue weighted by Crippen LogP contribution is -2.10. The number of benzene rings is 1. The number of amides is 1. The first-order chi connectivity index (χ1) is 10.6. The second-order valence-electron chi connectivity index (χ2n) is 4.91. The summed E-state index contributed by atoms with van der Waals surface area (Å²) >= 11 is 1.20. The minimum absolute atomic E-state index is 0.180. The highest BCUT2D eigenvalue weighted by molar-refractivity contribution is 7.18. The maximum absolute atomic E-state index is 12.2. The monoisotopic (exact) mass is 317 g/mol. The minimum atomic E-state index is -0.397. The molecule has 2 aromatic rings. The van der Waals surface area contributed by atoms with Crippen molar-refractivity contribution in [1.82, 2.24) is 0 Å². The Hall–Kier alpha value is -2.14. The van der Waals surface area contributed by atoms with E-state index in [0.717, 1.165) is 19.3 Å². The van der Waals surface area contributed by atoms with Crippen molar-refractivity contribution in [1.29, 1.82) is 0 Å². The van der Waals surface area contributed by atoms with Gasteiger partial charge in [0.05, 0.1) is 12.1 Å². The van der Waals surface area contributed by atoms with Gasteiger partial charge in [-0.1, -0.05) is 25.5 Å². The van der Waals surface area contributed by atoms with Crippen LogP contribution in [0.4, 0.5) is 5.00 Å². The molecule has 1 heterocycles. The van der Waals surface area contributed by atoms with Crippen LogP contribution in [0.15, 0.2) is 36.4 Å². The zero-order valence-corrected chi connectivity index (χ0v) is 13.5. The fourth-order valence-corrected chi connectivity index (χ4v) is 2.82. The fraction of sp³-hybridized carbons (Fsp3) is 0.294. The van der Waals surface area contributed by atoms with Crippen molar-refractivity contribution in [2.75, 3.05) is 12.4 Å². The summed E-state index contributed by atoms with van der Waals surface area (Å²) < 4.78 is 4.64. The molecule has 1 amide bonds. The van der Waals surface area contributed by atoms with Gasteiger partial charge in [-0.15, -0.1) is 11.3 Å². The van der Waals surface area contributed by atoms with Gasteiger partial charge in [-0.25, -0.2) is 4.79 Å². The lowest BCUT2D eigenvalue weighted by Gasteiger charge is -2.04. The number of hydrogen-bond donors (Lipinski definition) is 1. The summed E-state index contributed by atoms with van der Waals surface area (Å²) in [4.78, 5) is 24.0. The number of methoxy groups -OCH3 is 1. The van der Waals surface area contributed by atoms with Crippen LogP contribution in [-0.2, 0) is 11.2 Å². The third-order valence-corrected chi connectivity index (χ3v) is 4.25. The number of aryl methyl sites for hydroxylation is 1. The number of esters is 1. The Balaban J connectivity index is 1.99. The van der Waals surface area contributed by atoms with Crippen molar-refractivity contribution >= 4 is 28.2 Å². The van der Waals surface area contributed by atoms with Gasteiger partial charge in [0.15, 0.2) is 0 Å². The van der Waals surface area contributed by atoms with Gasteiger partial charge >= 0.3 is 5.97 Å². The van der Waals surface area contributed by atoms with Crippen LogP contribution in [0.1, 0.15) is 45.4 Å². The standard InChI is InChI=1S/C17H19NO3S/c1-3-4-5-12-6-8-13(9-7-12)16(19)18-15-11-10-14(22-15)17(20)21-2/h6-11H,3-5H2,1-2H3,(H,18,19). The zero-order valence-electron chi connectivity index (χ0n) is 12.7. The van der Waals surface area contributed by atoms with Gasteiger partial charge in [0, 0.05) is 5.56 Å². The van der Waals surface area contributed by atoms with Crippen molar-refractivity contribution in [3.05, 3.63) is 52.4 Å². The number of anilines is 1. The fourth-order valence-electron chi connectivity index (χ4n) is 2.00. The van der Waals surface area contributed by atoms with E-state index in [1.54, 1.807) is 12.1 Å². The molecule has 0 aliphatic heterocycles. The number of carbonyl (C=O) groups excluding carboxylic acids is 2. The molecule has 1 aromatic heterocycles. The van der Waals surface area contributed by atoms with E-state index in [9.17, 15) is 9.59 Å². The van der Waals surface area contributed by atoms with Crippen LogP contribution in [0.3, 0.4) is 0 Å². The number of hydrogen-bond acceptors (Lipinski definition) is 4. The predicted octanol–water partition coefficient (Wildman–Crippen LogP) is 4.13. The molecule has 5 heteroatoms. The summed E-state index contributed by atoms with van der Waals surface area (Å²) in [6, 6.07) is 11.0. The Kier molecular flexibility index (Phi) is 5.72. The van der Waals surface area contributed by atoms with E-state index in [2.05, 4.69) is 17.0 Å². The predicted molar refractivity (Wildman–Crippen MR) is 88.7 cm³/mol. The van der Waals surface area contributed by atoms with Gasteiger partial charge in [0.2, 0.25) is 0 Å². The number of nitrogens with one attached hydrogen (secondary N) is 1. The molecule has 1 aromatic carbocycles. The number of thiophene rings is 1. The second-order valence-corrected chi connectivity index (χ2v) is 5.99. The molecule has 0 bridgehead atoms. The van der Waals surface area contributed by atoms with E-state index < -0.39 is 5.97 Å². The third-order valence-electron chi connectivity index (χ3n) is 3.26. The summed E-state index contributed by atoms with van der Waals surface area (Å²) in [7, 11) is 1.33. The van der Waals surface area contributed by atoms with Gasteiger partial charge in [0.25, 0.3) is 5.91 Å². The summed E-state index contributed by atoms with van der Waals surface area (Å²) in [6.07, 6.45) is 3.34. The van der Waals surface area contributed by atoms with E-state index in [0.29, 0.717) is 15.4 Å². The highest BCUT2D eigenvalue weighted by Crippen LogP contribution is 2.23. The van der Waals surface area contributed by atoms with E-state index in [4.69, 9.17) is 0 Å². The Morgan fingerprint density at radius 3 is 2.50 bits per heavy atom. The van der Waals surface area contributed by atoms with Gasteiger partial charge in [-0.05, 0) is 42.7 Å². The molecule has 22 heavy (non-hydrogen) atoms. The summed E-state index contributed by atoms with van der Waals surface area (Å²) in [5.74, 6) is -0.578. The van der Waals surface area contributed by atoms with Crippen LogP contribution in [0.5, 0.6) is 0 Å². The van der Waals surface area contributed by atoms with Crippen molar-refractivity contribution in [3.8, 4) is 0 Å². The minimum Gasteiger partial charge on any atom is -0.465 e. The maximum atomic E-state index is 12.2. The first-order valence-corrected chi connectivity index (χ1v) is 8.04. The molecule has 0 saturated heterocycles. The Bertz CT molecular complexity index is 646. The molecule has 0 spiro atoms. The molecule has 4 nitrogen and oxygen atoms in total. The van der Waals surface area contributed by atoms with Crippen LogP contribution in [0.2, 0.25) is 0 Å². The van der Waals surface area contributed by atoms with E-state index in [1.165, 1.54) is 24.0 Å². The van der Waals surface area contributed by atoms with Crippen molar-refractivity contribution in [2.45, 2.75) is 26.2 Å². The molecule has 0 fully saturated rings. The van der Waals surface area contributed by atoms with Crippen LogP contribution in [0, 0.1) is 0 Å². The summed E-state index contributed by atoms with van der Waals surface area (Å²) in [5, 5.41) is 3.42. The van der Waals surface area contributed by atoms with Crippen LogP contribution in [0.25, 0.3) is 0 Å². The average molecular weight is 317 g/mol. The SMILES string of the molecule is CCCCc1ccc(C(=O)Nc2ccc(C(=O)OC)s2)cc1. The Labute approximate surface area is 134 Å². The van der Waals surface area contributed by atoms with Crippen LogP contribution in [-0.4, -0.2) is 19.0 Å². The van der Waals surface area contributed by atoms with Gasteiger partial charge < -0.3 is 10.1 Å². The molecule has 0 unspecified atom stereocenters. The molecule has 0 aliphatic rings. The van der Waals surface area contributed by atoms with E-state index in [-0.39, 0.29) is 5.91 Å². The van der Waals surface area contributed by atoms with Crippen molar-refractivity contribution in [3.63, 3.8) is 0 Å². The van der Waals surface area contributed by atoms with Crippen molar-refractivity contribution in [2.24, 2.45) is 0 Å². The lowest BCUT2D eigenvalue weighted by atomic mass is 10.1. The van der Waals surface area contributed by atoms with Crippen LogP contribution >= 0.6 is 11.3 Å². The molecule has 1 N–H and O–H groups in total. The molecule has 2 rings (SSSR count). The summed E-state index contributed by atoms with van der Waals surface area (Å²) in [5.41, 5.74) is 1.84. The molecule has 0 saturated carbocycles. The first-order valence-electron chi connectivity index (χ1n) is 7.22. The van der Waals surface area contributed by atoms with E-state index >= 15 is 0 Å². The molecular weight excluding hydrogens is 298 g/mol. The zero-order chi connectivity index (χ0) is 15.9. The topological polar surface area (TPSA) is 55.4 Å². The van der Waals surface area contributed by atoms with Gasteiger partial charge in [-0.2, -0.15) is 0 Å². The quantitative estimate of drug-likeness (QED) is 0.815. The number of unbranched alkanes of at least 4 members (excludes halogenated alkanes) is 1. The molecule has 0 aliphatic carbocycles. The van der Waals surface area contributed by atoms with E-state index in [1.807, 2.05) is 24.3 Å². The molecule has 116 valence electrons. The number of carbonyl (C=O) groups is 2. The molecule has 0 radical (unpaired) electrons. The molecular formula is C17H19NO3S. The average Bonchev–Trinajstić information content (AvgIpc) is 3.01. The highest BCUT2D eigenvalue weighted by Gasteiger charge is 2.12. The van der Waals surface area contributed by atoms with Gasteiger partial charge in [0.1, 0.15) is 4.88 Å². The van der Waals surface area contributed by atoms with Crippen molar-refractivity contribution < 1.29 is 14.3 Å². The smallest absolute Gasteiger partial charge is 0.348 e.